The molecule has 0 aliphatic carbocycles. The summed E-state index contributed by atoms with van der Waals surface area (Å²) in [6, 6.07) is 0. The highest BCUT2D eigenvalue weighted by atomic mass is 19.4. The predicted molar refractivity (Wildman–Crippen MR) is 62.3 cm³/mol. The number of carbonyl (C=O) groups excluding carboxylic acids is 2. The van der Waals surface area contributed by atoms with Gasteiger partial charge >= 0.3 is 36.1 Å². The Labute approximate surface area is 131 Å². The summed E-state index contributed by atoms with van der Waals surface area (Å²) in [4.78, 5) is 22.0. The average Bonchev–Trinajstić information content (AvgIpc) is 2.44. The van der Waals surface area contributed by atoms with Crippen LogP contribution in [0.25, 0.3) is 0 Å². The van der Waals surface area contributed by atoms with Gasteiger partial charge in [-0.1, -0.05) is 13.3 Å². The van der Waals surface area contributed by atoms with Crippen molar-refractivity contribution in [2.24, 2.45) is 0 Å². The lowest BCUT2D eigenvalue weighted by Crippen LogP contribution is -2.59. The Morgan fingerprint density at radius 1 is 0.958 bits per heavy atom. The number of rotatable bonds is 10. The molecular formula is C12H14F8O4. The number of halogens is 8. The van der Waals surface area contributed by atoms with Gasteiger partial charge in [0.05, 0.1) is 6.61 Å². The maximum absolute atomic E-state index is 13.0. The Hall–Kier alpha value is -1.62. The minimum Gasteiger partial charge on any atom is -0.465 e. The molecule has 0 rings (SSSR count). The summed E-state index contributed by atoms with van der Waals surface area (Å²) < 4.78 is 109. The first-order chi connectivity index (χ1) is 10.8. The Kier molecular flexibility index (Phi) is 7.90. The third-order valence-corrected chi connectivity index (χ3v) is 2.62. The van der Waals surface area contributed by atoms with Crippen LogP contribution >= 0.6 is 0 Å². The number of ether oxygens (including phenoxy) is 2. The van der Waals surface area contributed by atoms with E-state index >= 15 is 0 Å². The lowest BCUT2D eigenvalue weighted by molar-refractivity contribution is -0.344. The van der Waals surface area contributed by atoms with Crippen LogP contribution in [0.2, 0.25) is 0 Å². The first kappa shape index (κ1) is 22.4. The zero-order valence-electron chi connectivity index (χ0n) is 12.3. The Bertz CT molecular complexity index is 439. The summed E-state index contributed by atoms with van der Waals surface area (Å²) in [5, 5.41) is 0. The molecule has 142 valence electrons. The minimum absolute atomic E-state index is 0.0859. The highest BCUT2D eigenvalue weighted by Crippen LogP contribution is 2.48. The van der Waals surface area contributed by atoms with Gasteiger partial charge in [-0.05, 0) is 6.42 Å². The fourth-order valence-corrected chi connectivity index (χ4v) is 1.19. The first-order valence-electron chi connectivity index (χ1n) is 6.52. The molecule has 0 aliphatic rings. The van der Waals surface area contributed by atoms with Crippen LogP contribution in [-0.4, -0.2) is 49.3 Å². The fourth-order valence-electron chi connectivity index (χ4n) is 1.19. The molecule has 0 atom stereocenters. The number of unbranched alkanes of at least 4 members (excludes halogenated alkanes) is 1. The molecule has 0 radical (unpaired) electrons. The Morgan fingerprint density at radius 2 is 1.46 bits per heavy atom. The van der Waals surface area contributed by atoms with Gasteiger partial charge in [-0.15, -0.1) is 0 Å². The molecule has 0 saturated heterocycles. The minimum atomic E-state index is -6.48. The number of esters is 2. The second kappa shape index (κ2) is 8.47. The van der Waals surface area contributed by atoms with Crippen LogP contribution in [0.3, 0.4) is 0 Å². The van der Waals surface area contributed by atoms with Gasteiger partial charge in [0.15, 0.2) is 6.61 Å². The molecule has 4 nitrogen and oxygen atoms in total. The number of carbonyl (C=O) groups is 2. The quantitative estimate of drug-likeness (QED) is 0.254. The lowest BCUT2D eigenvalue weighted by atomic mass is 10.1. The summed E-state index contributed by atoms with van der Waals surface area (Å²) in [7, 11) is 0. The summed E-state index contributed by atoms with van der Waals surface area (Å²) >= 11 is 0. The summed E-state index contributed by atoms with van der Waals surface area (Å²) in [5.41, 5.74) is 0. The van der Waals surface area contributed by atoms with Gasteiger partial charge in [-0.3, -0.25) is 9.59 Å². The predicted octanol–water partition coefficient (Wildman–Crippen LogP) is 3.43. The van der Waals surface area contributed by atoms with Crippen LogP contribution in [0.4, 0.5) is 35.1 Å². The van der Waals surface area contributed by atoms with E-state index < -0.39 is 49.2 Å². The third-order valence-electron chi connectivity index (χ3n) is 2.62. The van der Waals surface area contributed by atoms with Crippen LogP contribution in [0.15, 0.2) is 0 Å². The van der Waals surface area contributed by atoms with Crippen LogP contribution in [0.5, 0.6) is 0 Å². The van der Waals surface area contributed by atoms with Gasteiger partial charge in [0, 0.05) is 0 Å². The fraction of sp³-hybridized carbons (Fsp3) is 0.833. The van der Waals surface area contributed by atoms with Crippen molar-refractivity contribution in [1.29, 1.82) is 0 Å². The van der Waals surface area contributed by atoms with Gasteiger partial charge in [0.25, 0.3) is 0 Å². The van der Waals surface area contributed by atoms with E-state index in [9.17, 15) is 44.7 Å². The van der Waals surface area contributed by atoms with Crippen molar-refractivity contribution >= 4 is 11.9 Å². The molecule has 0 heterocycles. The summed E-state index contributed by atoms with van der Waals surface area (Å²) in [6.07, 6.45) is -5.22. The molecule has 0 saturated carbocycles. The molecule has 0 unspecified atom stereocenters. The van der Waals surface area contributed by atoms with E-state index in [0.717, 1.165) is 0 Å². The topological polar surface area (TPSA) is 52.6 Å². The van der Waals surface area contributed by atoms with Crippen molar-refractivity contribution < 1.29 is 54.2 Å². The molecule has 0 amide bonds. The normalized spacial score (nSPS) is 13.1. The molecule has 0 fully saturated rings. The molecule has 24 heavy (non-hydrogen) atoms. The SMILES string of the molecule is CCCCOC(=O)CC(=O)OCC(F)(F)C(F)(F)C(F)(F)C(F)F. The lowest BCUT2D eigenvalue weighted by Gasteiger charge is -2.31. The van der Waals surface area contributed by atoms with E-state index in [1.54, 1.807) is 6.92 Å². The molecule has 0 aliphatic heterocycles. The van der Waals surface area contributed by atoms with Crippen LogP contribution in [0, 0.1) is 0 Å². The number of alkyl halides is 8. The van der Waals surface area contributed by atoms with Crippen molar-refractivity contribution in [2.75, 3.05) is 13.2 Å². The Morgan fingerprint density at radius 3 is 1.92 bits per heavy atom. The van der Waals surface area contributed by atoms with E-state index in [2.05, 4.69) is 9.47 Å². The summed E-state index contributed by atoms with van der Waals surface area (Å²) in [6.45, 7) is -0.944. The Balaban J connectivity index is 4.66. The van der Waals surface area contributed by atoms with Crippen molar-refractivity contribution in [1.82, 2.24) is 0 Å². The van der Waals surface area contributed by atoms with Gasteiger partial charge < -0.3 is 9.47 Å². The van der Waals surface area contributed by atoms with Gasteiger partial charge in [0.1, 0.15) is 6.42 Å². The molecule has 12 heteroatoms. The van der Waals surface area contributed by atoms with E-state index in [1.807, 2.05) is 0 Å². The van der Waals surface area contributed by atoms with Crippen molar-refractivity contribution in [3.8, 4) is 0 Å². The molecule has 0 aromatic heterocycles. The highest BCUT2D eigenvalue weighted by molar-refractivity contribution is 5.91. The van der Waals surface area contributed by atoms with E-state index in [-0.39, 0.29) is 6.61 Å². The summed E-state index contributed by atoms with van der Waals surface area (Å²) in [5.74, 6) is -21.6. The molecular weight excluding hydrogens is 360 g/mol. The van der Waals surface area contributed by atoms with Crippen molar-refractivity contribution in [3.63, 3.8) is 0 Å². The van der Waals surface area contributed by atoms with E-state index in [0.29, 0.717) is 12.8 Å². The molecule has 0 spiro atoms. The largest absolute Gasteiger partial charge is 0.465 e. The average molecular weight is 374 g/mol. The zero-order chi connectivity index (χ0) is 19.2. The van der Waals surface area contributed by atoms with E-state index in [1.165, 1.54) is 0 Å². The van der Waals surface area contributed by atoms with Crippen molar-refractivity contribution in [3.05, 3.63) is 0 Å². The standard InChI is InChI=1S/C12H14F8O4/c1-2-3-4-23-7(21)5-8(22)24-6-10(15,16)12(19,20)11(17,18)9(13)14/h9H,2-6H2,1H3. The number of hydrogen-bond donors (Lipinski definition) is 0. The third kappa shape index (κ3) is 5.48. The molecule has 0 bridgehead atoms. The second-order valence-electron chi connectivity index (χ2n) is 4.61. The highest BCUT2D eigenvalue weighted by Gasteiger charge is 2.75. The zero-order valence-corrected chi connectivity index (χ0v) is 12.3. The van der Waals surface area contributed by atoms with Crippen molar-refractivity contribution in [2.45, 2.75) is 50.4 Å². The number of hydrogen-bond acceptors (Lipinski definition) is 4. The van der Waals surface area contributed by atoms with Gasteiger partial charge in [-0.25, -0.2) is 8.78 Å². The monoisotopic (exact) mass is 374 g/mol. The first-order valence-corrected chi connectivity index (χ1v) is 6.52. The maximum atomic E-state index is 13.0. The van der Waals surface area contributed by atoms with Gasteiger partial charge in [0.2, 0.25) is 0 Å². The van der Waals surface area contributed by atoms with Crippen LogP contribution in [0.1, 0.15) is 26.2 Å². The molecule has 0 N–H and O–H groups in total. The second-order valence-corrected chi connectivity index (χ2v) is 4.61. The van der Waals surface area contributed by atoms with Crippen LogP contribution in [-0.2, 0) is 19.1 Å². The molecule has 0 aromatic rings. The molecule has 0 aromatic carbocycles. The smallest absolute Gasteiger partial charge is 0.381 e. The maximum Gasteiger partial charge on any atom is 0.381 e. The van der Waals surface area contributed by atoms with E-state index in [4.69, 9.17) is 0 Å². The van der Waals surface area contributed by atoms with Crippen LogP contribution < -0.4 is 0 Å². The van der Waals surface area contributed by atoms with Gasteiger partial charge in [-0.2, -0.15) is 26.3 Å².